The summed E-state index contributed by atoms with van der Waals surface area (Å²) >= 11 is 6.94. The fraction of sp³-hybridized carbons (Fsp3) is 0.455. The molecule has 0 spiro atoms. The summed E-state index contributed by atoms with van der Waals surface area (Å²) in [4.78, 5) is 0.327. The summed E-state index contributed by atoms with van der Waals surface area (Å²) < 4.78 is 12.1. The van der Waals surface area contributed by atoms with Gasteiger partial charge in [-0.2, -0.15) is 0 Å². The van der Waals surface area contributed by atoms with Crippen molar-refractivity contribution in [2.24, 2.45) is 0 Å². The summed E-state index contributed by atoms with van der Waals surface area (Å²) in [5, 5.41) is 0. The molecule has 0 bridgehead atoms. The van der Waals surface area contributed by atoms with Gasteiger partial charge in [0.2, 0.25) is 0 Å². The average molecular weight is 336 g/mol. The molecule has 2 rings (SSSR count). The van der Waals surface area contributed by atoms with Crippen LogP contribution >= 0.6 is 31.9 Å². The Hall–Kier alpha value is 0.1000. The van der Waals surface area contributed by atoms with Gasteiger partial charge in [-0.3, -0.25) is 0 Å². The van der Waals surface area contributed by atoms with Crippen LogP contribution in [0.2, 0.25) is 0 Å². The molecule has 4 heteroatoms. The van der Waals surface area contributed by atoms with Crippen LogP contribution < -0.4 is 0 Å². The highest BCUT2D eigenvalue weighted by molar-refractivity contribution is 9.10. The average Bonchev–Trinajstić information content (AvgIpc) is 2.63. The van der Waals surface area contributed by atoms with E-state index in [-0.39, 0.29) is 6.10 Å². The van der Waals surface area contributed by atoms with Gasteiger partial charge < -0.3 is 9.47 Å². The van der Waals surface area contributed by atoms with E-state index >= 15 is 0 Å². The van der Waals surface area contributed by atoms with E-state index in [2.05, 4.69) is 44.0 Å². The van der Waals surface area contributed by atoms with E-state index in [0.717, 1.165) is 11.1 Å². The summed E-state index contributed by atoms with van der Waals surface area (Å²) in [6.45, 7) is 2.07. The fourth-order valence-electron chi connectivity index (χ4n) is 1.44. The van der Waals surface area contributed by atoms with Gasteiger partial charge in [-0.05, 0) is 17.7 Å². The van der Waals surface area contributed by atoms with Crippen LogP contribution in [0.5, 0.6) is 0 Å². The van der Waals surface area contributed by atoms with Gasteiger partial charge in [-0.15, -0.1) is 0 Å². The van der Waals surface area contributed by atoms with Crippen molar-refractivity contribution >= 4 is 31.9 Å². The van der Waals surface area contributed by atoms with Gasteiger partial charge in [-0.1, -0.05) is 44.0 Å². The van der Waals surface area contributed by atoms with Crippen molar-refractivity contribution in [3.8, 4) is 0 Å². The molecule has 1 aromatic carbocycles. The molecule has 0 saturated carbocycles. The Morgan fingerprint density at radius 2 is 2.00 bits per heavy atom. The number of halogens is 2. The van der Waals surface area contributed by atoms with Crippen LogP contribution in [-0.4, -0.2) is 24.1 Å². The van der Waals surface area contributed by atoms with E-state index in [1.165, 1.54) is 5.56 Å². The Labute approximate surface area is 106 Å². The molecule has 2 nitrogen and oxygen atoms in total. The van der Waals surface area contributed by atoms with Crippen molar-refractivity contribution in [2.45, 2.75) is 17.5 Å². The van der Waals surface area contributed by atoms with E-state index in [0.29, 0.717) is 18.0 Å². The van der Waals surface area contributed by atoms with Crippen LogP contribution in [0.4, 0.5) is 0 Å². The molecule has 2 unspecified atom stereocenters. The molecule has 1 saturated heterocycles. The van der Waals surface area contributed by atoms with E-state index in [9.17, 15) is 0 Å². The lowest BCUT2D eigenvalue weighted by Crippen LogP contribution is -2.21. The number of ether oxygens (including phenoxy) is 2. The van der Waals surface area contributed by atoms with Crippen molar-refractivity contribution in [3.05, 3.63) is 34.3 Å². The van der Waals surface area contributed by atoms with Gasteiger partial charge >= 0.3 is 0 Å². The third-order valence-electron chi connectivity index (χ3n) is 2.34. The highest BCUT2D eigenvalue weighted by Gasteiger charge is 2.26. The molecule has 1 aliphatic rings. The molecule has 1 fully saturated rings. The molecule has 0 aliphatic carbocycles. The van der Waals surface area contributed by atoms with Gasteiger partial charge in [0, 0.05) is 4.47 Å². The molecule has 0 amide bonds. The van der Waals surface area contributed by atoms with Crippen LogP contribution in [0.25, 0.3) is 0 Å². The second-order valence-corrected chi connectivity index (χ2v) is 5.62. The van der Waals surface area contributed by atoms with Crippen LogP contribution in [0, 0.1) is 0 Å². The van der Waals surface area contributed by atoms with Crippen molar-refractivity contribution in [3.63, 3.8) is 0 Å². The largest absolute Gasteiger partial charge is 0.377 e. The number of benzene rings is 1. The molecular formula is C11H12Br2O2. The first kappa shape index (κ1) is 11.6. The molecule has 1 aromatic rings. The van der Waals surface area contributed by atoms with Gasteiger partial charge in [0.05, 0.1) is 30.8 Å². The SMILES string of the molecule is Brc1ccc(COC2COCC2Br)cc1. The molecule has 2 atom stereocenters. The highest BCUT2D eigenvalue weighted by atomic mass is 79.9. The van der Waals surface area contributed by atoms with Crippen molar-refractivity contribution in [2.75, 3.05) is 13.2 Å². The molecule has 82 valence electrons. The topological polar surface area (TPSA) is 18.5 Å². The van der Waals surface area contributed by atoms with Gasteiger partial charge in [0.25, 0.3) is 0 Å². The summed E-state index contributed by atoms with van der Waals surface area (Å²) in [7, 11) is 0. The van der Waals surface area contributed by atoms with E-state index < -0.39 is 0 Å². The Kier molecular flexibility index (Phi) is 4.20. The van der Waals surface area contributed by atoms with Crippen LogP contribution in [0.1, 0.15) is 5.56 Å². The number of alkyl halides is 1. The first-order chi connectivity index (χ1) is 7.25. The van der Waals surface area contributed by atoms with E-state index in [1.807, 2.05) is 12.1 Å². The maximum atomic E-state index is 5.75. The first-order valence-corrected chi connectivity index (χ1v) is 6.54. The van der Waals surface area contributed by atoms with Crippen molar-refractivity contribution < 1.29 is 9.47 Å². The van der Waals surface area contributed by atoms with Crippen LogP contribution in [0.15, 0.2) is 28.7 Å². The highest BCUT2D eigenvalue weighted by Crippen LogP contribution is 2.19. The first-order valence-electron chi connectivity index (χ1n) is 4.83. The normalized spacial score (nSPS) is 25.7. The Balaban J connectivity index is 1.85. The zero-order valence-electron chi connectivity index (χ0n) is 8.16. The lowest BCUT2D eigenvalue weighted by atomic mass is 10.2. The molecule has 0 N–H and O–H groups in total. The standard InChI is InChI=1S/C11H12Br2O2/c12-9-3-1-8(2-4-9)5-15-11-7-14-6-10(11)13/h1-4,10-11H,5-7H2. The van der Waals surface area contributed by atoms with E-state index in [1.54, 1.807) is 0 Å². The minimum absolute atomic E-state index is 0.175. The zero-order chi connectivity index (χ0) is 10.7. The van der Waals surface area contributed by atoms with Gasteiger partial charge in [0.15, 0.2) is 0 Å². The van der Waals surface area contributed by atoms with Gasteiger partial charge in [-0.25, -0.2) is 0 Å². The lowest BCUT2D eigenvalue weighted by molar-refractivity contribution is 0.0339. The molecule has 0 aromatic heterocycles. The quantitative estimate of drug-likeness (QED) is 0.790. The smallest absolute Gasteiger partial charge is 0.0959 e. The van der Waals surface area contributed by atoms with E-state index in [4.69, 9.17) is 9.47 Å². The Morgan fingerprint density at radius 1 is 1.27 bits per heavy atom. The summed E-state index contributed by atoms with van der Waals surface area (Å²) in [5.41, 5.74) is 1.19. The number of hydrogen-bond donors (Lipinski definition) is 0. The monoisotopic (exact) mass is 334 g/mol. The minimum Gasteiger partial charge on any atom is -0.377 e. The molecule has 15 heavy (non-hydrogen) atoms. The summed E-state index contributed by atoms with van der Waals surface area (Å²) in [5.74, 6) is 0. The lowest BCUT2D eigenvalue weighted by Gasteiger charge is -2.13. The Bertz CT molecular complexity index is 313. The van der Waals surface area contributed by atoms with Crippen LogP contribution in [-0.2, 0) is 16.1 Å². The maximum absolute atomic E-state index is 5.75. The van der Waals surface area contributed by atoms with Crippen molar-refractivity contribution in [1.29, 1.82) is 0 Å². The maximum Gasteiger partial charge on any atom is 0.0959 e. The second-order valence-electron chi connectivity index (χ2n) is 3.53. The minimum atomic E-state index is 0.175. The molecule has 0 radical (unpaired) electrons. The summed E-state index contributed by atoms with van der Waals surface area (Å²) in [6, 6.07) is 8.16. The fourth-order valence-corrected chi connectivity index (χ4v) is 2.20. The zero-order valence-corrected chi connectivity index (χ0v) is 11.3. The number of hydrogen-bond acceptors (Lipinski definition) is 2. The predicted molar refractivity (Wildman–Crippen MR) is 66.3 cm³/mol. The third-order valence-corrected chi connectivity index (χ3v) is 3.72. The molecular weight excluding hydrogens is 324 g/mol. The third kappa shape index (κ3) is 3.28. The van der Waals surface area contributed by atoms with Gasteiger partial charge in [0.1, 0.15) is 0 Å². The van der Waals surface area contributed by atoms with Crippen LogP contribution in [0.3, 0.4) is 0 Å². The number of rotatable bonds is 3. The molecule has 1 heterocycles. The molecule has 1 aliphatic heterocycles. The van der Waals surface area contributed by atoms with Crippen molar-refractivity contribution in [1.82, 2.24) is 0 Å². The Morgan fingerprint density at radius 3 is 2.60 bits per heavy atom. The summed E-state index contributed by atoms with van der Waals surface area (Å²) in [6.07, 6.45) is 0.175. The predicted octanol–water partition coefficient (Wildman–Crippen LogP) is 3.13. The second kappa shape index (κ2) is 5.43.